The number of benzene rings is 1. The molecule has 1 aliphatic rings. The molecule has 20 heavy (non-hydrogen) atoms. The van der Waals surface area contributed by atoms with Gasteiger partial charge in [-0.25, -0.2) is 0 Å². The van der Waals surface area contributed by atoms with Crippen LogP contribution in [0.3, 0.4) is 0 Å². The molecule has 1 aromatic rings. The van der Waals surface area contributed by atoms with Crippen LogP contribution in [-0.2, 0) is 4.74 Å². The summed E-state index contributed by atoms with van der Waals surface area (Å²) >= 11 is 0. The monoisotopic (exact) mass is 277 g/mol. The van der Waals surface area contributed by atoms with Crippen molar-refractivity contribution in [3.63, 3.8) is 0 Å². The molecule has 1 aliphatic carbocycles. The zero-order valence-corrected chi connectivity index (χ0v) is 12.9. The lowest BCUT2D eigenvalue weighted by Crippen LogP contribution is -2.50. The maximum atomic E-state index is 5.88. The van der Waals surface area contributed by atoms with Crippen LogP contribution in [0.5, 0.6) is 5.75 Å². The smallest absolute Gasteiger partial charge is 0.119 e. The molecule has 1 unspecified atom stereocenters. The molecule has 0 aromatic heterocycles. The van der Waals surface area contributed by atoms with Gasteiger partial charge < -0.3 is 14.8 Å². The summed E-state index contributed by atoms with van der Waals surface area (Å²) < 4.78 is 11.5. The molecule has 1 fully saturated rings. The molecular weight excluding hydrogens is 250 g/mol. The third-order valence-electron chi connectivity index (χ3n) is 4.23. The first-order valence-corrected chi connectivity index (χ1v) is 7.77. The van der Waals surface area contributed by atoms with Crippen LogP contribution in [-0.4, -0.2) is 25.9 Å². The minimum absolute atomic E-state index is 0.0417. The molecule has 0 heterocycles. The number of nitrogens with one attached hydrogen (secondary N) is 1. The highest BCUT2D eigenvalue weighted by Crippen LogP contribution is 2.45. The zero-order valence-electron chi connectivity index (χ0n) is 12.9. The molecule has 0 spiro atoms. The molecule has 3 heteroatoms. The Labute approximate surface area is 122 Å². The van der Waals surface area contributed by atoms with E-state index in [4.69, 9.17) is 9.47 Å². The fourth-order valence-corrected chi connectivity index (χ4v) is 2.98. The van der Waals surface area contributed by atoms with Crippen molar-refractivity contribution in [1.82, 2.24) is 5.32 Å². The van der Waals surface area contributed by atoms with E-state index in [1.54, 1.807) is 0 Å². The number of hydrogen-bond donors (Lipinski definition) is 1. The summed E-state index contributed by atoms with van der Waals surface area (Å²) in [7, 11) is 1.84. The molecule has 0 aliphatic heterocycles. The second kappa shape index (κ2) is 7.09. The third-order valence-corrected chi connectivity index (χ3v) is 4.23. The van der Waals surface area contributed by atoms with Crippen LogP contribution < -0.4 is 10.1 Å². The lowest BCUT2D eigenvalue weighted by Gasteiger charge is -2.47. The fraction of sp³-hybridized carbons (Fsp3) is 0.647. The van der Waals surface area contributed by atoms with Crippen LogP contribution in [0, 0.1) is 0 Å². The van der Waals surface area contributed by atoms with Crippen LogP contribution in [0.2, 0.25) is 0 Å². The first-order chi connectivity index (χ1) is 9.75. The van der Waals surface area contributed by atoms with Gasteiger partial charge in [-0.15, -0.1) is 0 Å². The van der Waals surface area contributed by atoms with E-state index >= 15 is 0 Å². The minimum Gasteiger partial charge on any atom is -0.494 e. The summed E-state index contributed by atoms with van der Waals surface area (Å²) in [6.45, 7) is 5.92. The Kier molecular flexibility index (Phi) is 5.44. The predicted octanol–water partition coefficient (Wildman–Crippen LogP) is 3.70. The number of ether oxygens (including phenoxy) is 2. The lowest BCUT2D eigenvalue weighted by atomic mass is 9.72. The first kappa shape index (κ1) is 15.3. The van der Waals surface area contributed by atoms with Gasteiger partial charge >= 0.3 is 0 Å². The van der Waals surface area contributed by atoms with Gasteiger partial charge in [0, 0.05) is 7.11 Å². The fourth-order valence-electron chi connectivity index (χ4n) is 2.98. The van der Waals surface area contributed by atoms with Crippen molar-refractivity contribution >= 4 is 0 Å². The predicted molar refractivity (Wildman–Crippen MR) is 82.2 cm³/mol. The highest BCUT2D eigenvalue weighted by atomic mass is 16.5. The highest BCUT2D eigenvalue weighted by Gasteiger charge is 2.44. The van der Waals surface area contributed by atoms with Gasteiger partial charge in [-0.3, -0.25) is 0 Å². The van der Waals surface area contributed by atoms with Crippen molar-refractivity contribution in [1.29, 1.82) is 0 Å². The number of methoxy groups -OCH3 is 1. The van der Waals surface area contributed by atoms with Gasteiger partial charge in [-0.2, -0.15) is 0 Å². The van der Waals surface area contributed by atoms with E-state index in [0.717, 1.165) is 31.6 Å². The van der Waals surface area contributed by atoms with Gasteiger partial charge in [0.1, 0.15) is 5.75 Å². The Morgan fingerprint density at radius 1 is 1.30 bits per heavy atom. The molecule has 1 N–H and O–H groups in total. The quantitative estimate of drug-likeness (QED) is 0.786. The Balaban J connectivity index is 2.23. The second-order valence-corrected chi connectivity index (χ2v) is 5.52. The average Bonchev–Trinajstić information content (AvgIpc) is 2.42. The highest BCUT2D eigenvalue weighted by molar-refractivity contribution is 5.33. The Morgan fingerprint density at radius 2 is 2.10 bits per heavy atom. The van der Waals surface area contributed by atoms with Gasteiger partial charge in [0.25, 0.3) is 0 Å². The van der Waals surface area contributed by atoms with Gasteiger partial charge in [0.2, 0.25) is 0 Å². The maximum Gasteiger partial charge on any atom is 0.119 e. The van der Waals surface area contributed by atoms with Crippen molar-refractivity contribution < 1.29 is 9.47 Å². The van der Waals surface area contributed by atoms with Gasteiger partial charge in [0.15, 0.2) is 0 Å². The first-order valence-electron chi connectivity index (χ1n) is 7.77. The topological polar surface area (TPSA) is 30.5 Å². The average molecular weight is 277 g/mol. The third kappa shape index (κ3) is 3.15. The van der Waals surface area contributed by atoms with Crippen molar-refractivity contribution in [2.75, 3.05) is 20.3 Å². The summed E-state index contributed by atoms with van der Waals surface area (Å²) in [4.78, 5) is 0. The Morgan fingerprint density at radius 3 is 2.65 bits per heavy atom. The van der Waals surface area contributed by atoms with Crippen LogP contribution >= 0.6 is 0 Å². The Hall–Kier alpha value is -1.06. The number of hydrogen-bond acceptors (Lipinski definition) is 3. The van der Waals surface area contributed by atoms with Crippen molar-refractivity contribution in [2.45, 2.75) is 51.2 Å². The van der Waals surface area contributed by atoms with Crippen molar-refractivity contribution in [3.8, 4) is 5.75 Å². The Bertz CT molecular complexity index is 410. The molecule has 1 saturated carbocycles. The molecule has 1 atom stereocenters. The molecule has 0 radical (unpaired) electrons. The molecule has 112 valence electrons. The van der Waals surface area contributed by atoms with Gasteiger partial charge in [-0.05, 0) is 56.8 Å². The number of rotatable bonds is 8. The van der Waals surface area contributed by atoms with E-state index in [0.29, 0.717) is 6.61 Å². The van der Waals surface area contributed by atoms with E-state index in [2.05, 4.69) is 30.4 Å². The largest absolute Gasteiger partial charge is 0.494 e. The van der Waals surface area contributed by atoms with Crippen molar-refractivity contribution in [2.24, 2.45) is 0 Å². The van der Waals surface area contributed by atoms with E-state index in [1.807, 2.05) is 20.1 Å². The van der Waals surface area contributed by atoms with Crippen molar-refractivity contribution in [3.05, 3.63) is 29.8 Å². The lowest BCUT2D eigenvalue weighted by molar-refractivity contribution is -0.0997. The van der Waals surface area contributed by atoms with E-state index in [9.17, 15) is 0 Å². The van der Waals surface area contributed by atoms with Crippen LogP contribution in [0.4, 0.5) is 0 Å². The maximum absolute atomic E-state index is 5.88. The van der Waals surface area contributed by atoms with E-state index in [1.165, 1.54) is 12.0 Å². The molecule has 0 saturated heterocycles. The normalized spacial score (nSPS) is 18.4. The molecule has 0 amide bonds. The van der Waals surface area contributed by atoms with E-state index in [-0.39, 0.29) is 11.6 Å². The van der Waals surface area contributed by atoms with Crippen LogP contribution in [0.1, 0.15) is 51.1 Å². The van der Waals surface area contributed by atoms with E-state index < -0.39 is 0 Å². The summed E-state index contributed by atoms with van der Waals surface area (Å²) in [6.07, 6.45) is 4.64. The summed E-state index contributed by atoms with van der Waals surface area (Å²) in [5.41, 5.74) is 1.23. The standard InChI is InChI=1S/C17H27NO2/c1-4-12-18-16(17(19-3)10-7-11-17)14-8-6-9-15(13-14)20-5-2/h6,8-9,13,16,18H,4-5,7,10-12H2,1-3H3. The SMILES string of the molecule is CCCNC(c1cccc(OCC)c1)C1(OC)CCC1. The molecule has 1 aromatic carbocycles. The molecular formula is C17H27NO2. The second-order valence-electron chi connectivity index (χ2n) is 5.52. The van der Waals surface area contributed by atoms with Gasteiger partial charge in [0.05, 0.1) is 18.2 Å². The molecule has 0 bridgehead atoms. The van der Waals surface area contributed by atoms with Crippen LogP contribution in [0.25, 0.3) is 0 Å². The van der Waals surface area contributed by atoms with Gasteiger partial charge in [-0.1, -0.05) is 19.1 Å². The summed E-state index contributed by atoms with van der Waals surface area (Å²) in [5.74, 6) is 0.943. The zero-order chi connectivity index (χ0) is 14.4. The summed E-state index contributed by atoms with van der Waals surface area (Å²) in [5, 5.41) is 3.67. The molecule has 3 nitrogen and oxygen atoms in total. The molecule has 2 rings (SSSR count). The van der Waals surface area contributed by atoms with Crippen LogP contribution in [0.15, 0.2) is 24.3 Å². The minimum atomic E-state index is -0.0417. The summed E-state index contributed by atoms with van der Waals surface area (Å²) in [6, 6.07) is 8.67.